The Morgan fingerprint density at radius 2 is 1.69 bits per heavy atom. The number of nitrogens with zero attached hydrogens (tertiary/aromatic N) is 2. The molecular formula is C26H31N3O2S. The van der Waals surface area contributed by atoms with E-state index in [1.165, 1.54) is 48.4 Å². The van der Waals surface area contributed by atoms with Crippen LogP contribution in [0.25, 0.3) is 10.4 Å². The molecule has 32 heavy (non-hydrogen) atoms. The van der Waals surface area contributed by atoms with Gasteiger partial charge in [0.05, 0.1) is 4.88 Å². The third-order valence-electron chi connectivity index (χ3n) is 6.07. The fourth-order valence-electron chi connectivity index (χ4n) is 4.19. The number of hydrogen-bond acceptors (Lipinski definition) is 5. The third kappa shape index (κ3) is 6.26. The number of likely N-dealkylation sites (tertiary alicyclic amines) is 1. The molecule has 1 saturated heterocycles. The molecule has 0 radical (unpaired) electrons. The predicted octanol–water partition coefficient (Wildman–Crippen LogP) is 4.67. The van der Waals surface area contributed by atoms with E-state index < -0.39 is 5.91 Å². The lowest BCUT2D eigenvalue weighted by Gasteiger charge is -2.25. The number of carbonyl (C=O) groups excluding carboxylic acids is 1. The van der Waals surface area contributed by atoms with Gasteiger partial charge in [-0.1, -0.05) is 54.6 Å². The van der Waals surface area contributed by atoms with Crippen LogP contribution in [0, 0.1) is 0 Å². The SMILES string of the molecule is O=C(NO)c1ccc(-c2ccc(CN(CCc3ccccc3)CCN3CCCC3)cc2)s1. The molecule has 0 atom stereocenters. The monoisotopic (exact) mass is 449 g/mol. The van der Waals surface area contributed by atoms with Gasteiger partial charge in [0.25, 0.3) is 5.91 Å². The Kier molecular flexibility index (Phi) is 8.07. The normalized spacial score (nSPS) is 14.2. The number of nitrogens with one attached hydrogen (secondary N) is 1. The molecule has 0 aliphatic carbocycles. The molecule has 1 aliphatic rings. The van der Waals surface area contributed by atoms with Gasteiger partial charge in [-0.25, -0.2) is 5.48 Å². The van der Waals surface area contributed by atoms with E-state index in [0.29, 0.717) is 4.88 Å². The first kappa shape index (κ1) is 22.7. The van der Waals surface area contributed by atoms with Crippen LogP contribution in [-0.4, -0.2) is 53.6 Å². The summed E-state index contributed by atoms with van der Waals surface area (Å²) in [7, 11) is 0. The fourth-order valence-corrected chi connectivity index (χ4v) is 5.10. The summed E-state index contributed by atoms with van der Waals surface area (Å²) in [6.45, 7) is 6.67. The van der Waals surface area contributed by atoms with Crippen LogP contribution in [0.3, 0.4) is 0 Å². The lowest BCUT2D eigenvalue weighted by Crippen LogP contribution is -2.34. The summed E-state index contributed by atoms with van der Waals surface area (Å²) in [5.74, 6) is -0.468. The van der Waals surface area contributed by atoms with Crippen molar-refractivity contribution in [1.82, 2.24) is 15.3 Å². The van der Waals surface area contributed by atoms with E-state index >= 15 is 0 Å². The van der Waals surface area contributed by atoms with E-state index in [1.54, 1.807) is 11.5 Å². The molecule has 0 saturated carbocycles. The summed E-state index contributed by atoms with van der Waals surface area (Å²) in [6.07, 6.45) is 3.72. The summed E-state index contributed by atoms with van der Waals surface area (Å²) < 4.78 is 0. The van der Waals surface area contributed by atoms with Crippen LogP contribution in [0.2, 0.25) is 0 Å². The van der Waals surface area contributed by atoms with Crippen molar-refractivity contribution >= 4 is 17.2 Å². The minimum atomic E-state index is -0.468. The van der Waals surface area contributed by atoms with Gasteiger partial charge in [0.1, 0.15) is 0 Å². The van der Waals surface area contributed by atoms with Crippen molar-refractivity contribution in [3.63, 3.8) is 0 Å². The second kappa shape index (κ2) is 11.4. The quantitative estimate of drug-likeness (QED) is 0.349. The van der Waals surface area contributed by atoms with Gasteiger partial charge in [0.15, 0.2) is 0 Å². The van der Waals surface area contributed by atoms with E-state index in [2.05, 4.69) is 64.4 Å². The average Bonchev–Trinajstić information content (AvgIpc) is 3.54. The predicted molar refractivity (Wildman–Crippen MR) is 130 cm³/mol. The summed E-state index contributed by atoms with van der Waals surface area (Å²) >= 11 is 1.38. The maximum Gasteiger partial charge on any atom is 0.284 e. The Morgan fingerprint density at radius 1 is 0.938 bits per heavy atom. The zero-order chi connectivity index (χ0) is 22.2. The number of hydrogen-bond donors (Lipinski definition) is 2. The molecule has 1 fully saturated rings. The highest BCUT2D eigenvalue weighted by molar-refractivity contribution is 7.17. The van der Waals surface area contributed by atoms with Crippen LogP contribution >= 0.6 is 11.3 Å². The van der Waals surface area contributed by atoms with Crippen LogP contribution in [0.15, 0.2) is 66.7 Å². The van der Waals surface area contributed by atoms with Crippen LogP contribution < -0.4 is 5.48 Å². The highest BCUT2D eigenvalue weighted by Gasteiger charge is 2.14. The second-order valence-electron chi connectivity index (χ2n) is 8.36. The molecule has 168 valence electrons. The van der Waals surface area contributed by atoms with Crippen LogP contribution in [0.5, 0.6) is 0 Å². The first-order valence-electron chi connectivity index (χ1n) is 11.3. The summed E-state index contributed by atoms with van der Waals surface area (Å²) in [4.78, 5) is 18.3. The zero-order valence-corrected chi connectivity index (χ0v) is 19.2. The molecule has 1 aliphatic heterocycles. The number of hydroxylamine groups is 1. The molecule has 2 aromatic carbocycles. The Morgan fingerprint density at radius 3 is 2.41 bits per heavy atom. The van der Waals surface area contributed by atoms with E-state index in [1.807, 2.05) is 6.07 Å². The first-order valence-corrected chi connectivity index (χ1v) is 12.1. The molecular weight excluding hydrogens is 418 g/mol. The Bertz CT molecular complexity index is 982. The zero-order valence-electron chi connectivity index (χ0n) is 18.4. The highest BCUT2D eigenvalue weighted by Crippen LogP contribution is 2.28. The van der Waals surface area contributed by atoms with Gasteiger partial charge in [-0.15, -0.1) is 11.3 Å². The highest BCUT2D eigenvalue weighted by atomic mass is 32.1. The van der Waals surface area contributed by atoms with E-state index in [-0.39, 0.29) is 0 Å². The molecule has 3 aromatic rings. The van der Waals surface area contributed by atoms with Gasteiger partial charge >= 0.3 is 0 Å². The summed E-state index contributed by atoms with van der Waals surface area (Å²) in [5.41, 5.74) is 5.46. The van der Waals surface area contributed by atoms with Gasteiger partial charge in [0.2, 0.25) is 0 Å². The van der Waals surface area contributed by atoms with Crippen molar-refractivity contribution in [2.75, 3.05) is 32.7 Å². The number of benzene rings is 2. The smallest absolute Gasteiger partial charge is 0.284 e. The topological polar surface area (TPSA) is 55.8 Å². The van der Waals surface area contributed by atoms with Crippen LogP contribution in [0.4, 0.5) is 0 Å². The molecule has 2 heterocycles. The van der Waals surface area contributed by atoms with Gasteiger partial charge in [-0.2, -0.15) is 0 Å². The molecule has 0 bridgehead atoms. The van der Waals surface area contributed by atoms with Crippen molar-refractivity contribution in [2.24, 2.45) is 0 Å². The first-order chi connectivity index (χ1) is 15.7. The second-order valence-corrected chi connectivity index (χ2v) is 9.45. The molecule has 0 spiro atoms. The van der Waals surface area contributed by atoms with Crippen molar-refractivity contribution in [2.45, 2.75) is 25.8 Å². The standard InChI is InChI=1S/C26H31N3O2S/c30-26(27-31)25-13-12-24(32-25)23-10-8-22(9-11-23)20-29(19-18-28-15-4-5-16-28)17-14-21-6-2-1-3-7-21/h1-3,6-13,31H,4-5,14-20H2,(H,27,30). The molecule has 6 heteroatoms. The minimum Gasteiger partial charge on any atom is -0.302 e. The summed E-state index contributed by atoms with van der Waals surface area (Å²) in [5, 5.41) is 8.82. The maximum atomic E-state index is 11.6. The molecule has 4 rings (SSSR count). The van der Waals surface area contributed by atoms with Gasteiger partial charge < -0.3 is 4.90 Å². The maximum absolute atomic E-state index is 11.6. The number of amides is 1. The molecule has 1 amide bonds. The molecule has 1 aromatic heterocycles. The van der Waals surface area contributed by atoms with Crippen LogP contribution in [-0.2, 0) is 13.0 Å². The largest absolute Gasteiger partial charge is 0.302 e. The Labute approximate surface area is 194 Å². The minimum absolute atomic E-state index is 0.468. The fraction of sp³-hybridized carbons (Fsp3) is 0.346. The summed E-state index contributed by atoms with van der Waals surface area (Å²) in [6, 6.07) is 23.0. The lowest BCUT2D eigenvalue weighted by molar-refractivity contribution is 0.0711. The van der Waals surface area contributed by atoms with E-state index in [4.69, 9.17) is 5.21 Å². The van der Waals surface area contributed by atoms with Gasteiger partial charge in [-0.3, -0.25) is 14.9 Å². The molecule has 2 N–H and O–H groups in total. The molecule has 5 nitrogen and oxygen atoms in total. The van der Waals surface area contributed by atoms with Crippen molar-refractivity contribution in [3.8, 4) is 10.4 Å². The number of rotatable bonds is 10. The third-order valence-corrected chi connectivity index (χ3v) is 7.20. The Balaban J connectivity index is 1.39. The average molecular weight is 450 g/mol. The molecule has 0 unspecified atom stereocenters. The Hall–Kier alpha value is -2.51. The van der Waals surface area contributed by atoms with Crippen LogP contribution in [0.1, 0.15) is 33.6 Å². The van der Waals surface area contributed by atoms with E-state index in [9.17, 15) is 4.79 Å². The number of thiophene rings is 1. The van der Waals surface area contributed by atoms with E-state index in [0.717, 1.165) is 43.0 Å². The number of carbonyl (C=O) groups is 1. The van der Waals surface area contributed by atoms with Crippen molar-refractivity contribution in [1.29, 1.82) is 0 Å². The van der Waals surface area contributed by atoms with Gasteiger partial charge in [-0.05, 0) is 61.2 Å². The van der Waals surface area contributed by atoms with Crippen molar-refractivity contribution < 1.29 is 10.0 Å². The van der Waals surface area contributed by atoms with Crippen molar-refractivity contribution in [3.05, 3.63) is 82.7 Å². The lowest BCUT2D eigenvalue weighted by atomic mass is 10.1. The van der Waals surface area contributed by atoms with Gasteiger partial charge in [0, 0.05) is 31.1 Å².